The number of hydrogen-bond acceptors (Lipinski definition) is 3. The second kappa shape index (κ2) is 2.88. The Morgan fingerprint density at radius 2 is 2.50 bits per heavy atom. The quantitative estimate of drug-likeness (QED) is 0.600. The molecule has 12 heavy (non-hydrogen) atoms. The maximum absolute atomic E-state index is 5.90. The third-order valence-corrected chi connectivity index (χ3v) is 2.30. The highest BCUT2D eigenvalue weighted by molar-refractivity contribution is 5.02. The van der Waals surface area contributed by atoms with E-state index in [1.807, 2.05) is 24.0 Å². The maximum Gasteiger partial charge on any atom is 0.0806 e. The van der Waals surface area contributed by atoms with Gasteiger partial charge in [-0.1, -0.05) is 0 Å². The Morgan fingerprint density at radius 3 is 3.00 bits per heavy atom. The Balaban J connectivity index is 2.19. The van der Waals surface area contributed by atoms with Crippen LogP contribution in [0.1, 0.15) is 11.6 Å². The molecule has 1 fully saturated rings. The highest BCUT2D eigenvalue weighted by Crippen LogP contribution is 2.13. The van der Waals surface area contributed by atoms with Gasteiger partial charge in [-0.15, -0.1) is 0 Å². The maximum atomic E-state index is 5.90. The molecule has 1 aromatic heterocycles. The molecule has 4 heteroatoms. The Bertz CT molecular complexity index is 268. The van der Waals surface area contributed by atoms with E-state index in [2.05, 4.69) is 10.4 Å². The molecule has 3 N–H and O–H groups in total. The van der Waals surface area contributed by atoms with Gasteiger partial charge < -0.3 is 11.1 Å². The lowest BCUT2D eigenvalue weighted by molar-refractivity contribution is 0.446. The molecule has 0 aliphatic carbocycles. The van der Waals surface area contributed by atoms with Gasteiger partial charge in [0, 0.05) is 25.3 Å². The average Bonchev–Trinajstić information content (AvgIpc) is 2.58. The zero-order valence-corrected chi connectivity index (χ0v) is 7.20. The lowest BCUT2D eigenvalue weighted by atomic mass is 10.2. The van der Waals surface area contributed by atoms with Crippen LogP contribution in [0, 0.1) is 6.92 Å². The van der Waals surface area contributed by atoms with E-state index in [0.717, 1.165) is 13.1 Å². The van der Waals surface area contributed by atoms with Gasteiger partial charge in [0.25, 0.3) is 0 Å². The van der Waals surface area contributed by atoms with Gasteiger partial charge in [0.05, 0.1) is 12.2 Å². The van der Waals surface area contributed by atoms with Crippen molar-refractivity contribution >= 4 is 0 Å². The molecule has 2 atom stereocenters. The average molecular weight is 166 g/mol. The van der Waals surface area contributed by atoms with Gasteiger partial charge in [-0.05, 0) is 12.5 Å². The third-order valence-electron chi connectivity index (χ3n) is 2.30. The molecular formula is C8H14N4. The number of hydrogen-bond donors (Lipinski definition) is 2. The summed E-state index contributed by atoms with van der Waals surface area (Å²) in [6.45, 7) is 3.86. The van der Waals surface area contributed by atoms with Crippen LogP contribution in [-0.2, 0) is 0 Å². The zero-order valence-electron chi connectivity index (χ0n) is 7.20. The first-order valence-electron chi connectivity index (χ1n) is 4.24. The van der Waals surface area contributed by atoms with Crippen molar-refractivity contribution in [2.24, 2.45) is 5.73 Å². The smallest absolute Gasteiger partial charge is 0.0806 e. The lowest BCUT2D eigenvalue weighted by Gasteiger charge is -2.13. The van der Waals surface area contributed by atoms with Gasteiger partial charge in [0.1, 0.15) is 0 Å². The summed E-state index contributed by atoms with van der Waals surface area (Å²) in [7, 11) is 0. The summed E-state index contributed by atoms with van der Waals surface area (Å²) in [5.41, 5.74) is 7.09. The molecule has 1 unspecified atom stereocenters. The molecule has 2 heterocycles. The van der Waals surface area contributed by atoms with E-state index in [-0.39, 0.29) is 6.04 Å². The van der Waals surface area contributed by atoms with Crippen molar-refractivity contribution in [3.63, 3.8) is 0 Å². The molecule has 1 saturated heterocycles. The first-order chi connectivity index (χ1) is 5.77. The molecule has 0 spiro atoms. The van der Waals surface area contributed by atoms with E-state index >= 15 is 0 Å². The van der Waals surface area contributed by atoms with Gasteiger partial charge in [-0.25, -0.2) is 0 Å². The molecule has 1 aromatic rings. The number of nitrogens with two attached hydrogens (primary N) is 1. The number of nitrogens with zero attached hydrogens (tertiary/aromatic N) is 2. The monoisotopic (exact) mass is 166 g/mol. The van der Waals surface area contributed by atoms with E-state index in [0.29, 0.717) is 6.04 Å². The highest BCUT2D eigenvalue weighted by Gasteiger charge is 2.25. The van der Waals surface area contributed by atoms with Gasteiger partial charge in [0.15, 0.2) is 0 Å². The first kappa shape index (κ1) is 7.76. The van der Waals surface area contributed by atoms with Gasteiger partial charge >= 0.3 is 0 Å². The van der Waals surface area contributed by atoms with Crippen LogP contribution >= 0.6 is 0 Å². The van der Waals surface area contributed by atoms with Crippen LogP contribution in [0.5, 0.6) is 0 Å². The summed E-state index contributed by atoms with van der Waals surface area (Å²) in [6, 6.07) is 0.531. The Labute approximate surface area is 71.7 Å². The fraction of sp³-hybridized carbons (Fsp3) is 0.625. The number of aromatic nitrogens is 2. The number of aryl methyl sites for hydroxylation is 1. The Morgan fingerprint density at radius 1 is 1.67 bits per heavy atom. The summed E-state index contributed by atoms with van der Waals surface area (Å²) in [6.07, 6.45) is 3.91. The van der Waals surface area contributed by atoms with Crippen molar-refractivity contribution in [2.45, 2.75) is 19.0 Å². The van der Waals surface area contributed by atoms with Crippen molar-refractivity contribution < 1.29 is 0 Å². The van der Waals surface area contributed by atoms with Crippen molar-refractivity contribution in [1.29, 1.82) is 0 Å². The molecule has 0 radical (unpaired) electrons. The number of rotatable bonds is 1. The fourth-order valence-corrected chi connectivity index (χ4v) is 1.59. The topological polar surface area (TPSA) is 55.9 Å². The highest BCUT2D eigenvalue weighted by atomic mass is 15.3. The molecule has 0 amide bonds. The van der Waals surface area contributed by atoms with Crippen LogP contribution in [0.4, 0.5) is 0 Å². The summed E-state index contributed by atoms with van der Waals surface area (Å²) < 4.78 is 1.96. The van der Waals surface area contributed by atoms with Crippen LogP contribution in [0.25, 0.3) is 0 Å². The van der Waals surface area contributed by atoms with E-state index in [9.17, 15) is 0 Å². The predicted octanol–water partition coefficient (Wildman–Crippen LogP) is -0.337. The second-order valence-electron chi connectivity index (χ2n) is 3.39. The molecule has 66 valence electrons. The van der Waals surface area contributed by atoms with Crippen LogP contribution in [0.2, 0.25) is 0 Å². The van der Waals surface area contributed by atoms with E-state index in [4.69, 9.17) is 5.73 Å². The van der Waals surface area contributed by atoms with Crippen LogP contribution < -0.4 is 11.1 Å². The van der Waals surface area contributed by atoms with Crippen LogP contribution in [0.15, 0.2) is 12.4 Å². The lowest BCUT2D eigenvalue weighted by Crippen LogP contribution is -2.31. The first-order valence-corrected chi connectivity index (χ1v) is 4.24. The van der Waals surface area contributed by atoms with Crippen LogP contribution in [-0.4, -0.2) is 28.9 Å². The summed E-state index contributed by atoms with van der Waals surface area (Å²) in [5.74, 6) is 0. The summed E-state index contributed by atoms with van der Waals surface area (Å²) in [4.78, 5) is 0. The van der Waals surface area contributed by atoms with Gasteiger partial charge in [0.2, 0.25) is 0 Å². The minimum atomic E-state index is 0.198. The van der Waals surface area contributed by atoms with Crippen molar-refractivity contribution in [3.05, 3.63) is 18.0 Å². The Hall–Kier alpha value is -0.870. The van der Waals surface area contributed by atoms with Gasteiger partial charge in [-0.3, -0.25) is 4.68 Å². The SMILES string of the molecule is Cc1cnn(C2CNC[C@@H]2N)c1. The fourth-order valence-electron chi connectivity index (χ4n) is 1.59. The minimum Gasteiger partial charge on any atom is -0.325 e. The molecule has 0 bridgehead atoms. The molecule has 1 aliphatic heterocycles. The second-order valence-corrected chi connectivity index (χ2v) is 3.39. The van der Waals surface area contributed by atoms with E-state index in [1.165, 1.54) is 5.56 Å². The van der Waals surface area contributed by atoms with E-state index in [1.54, 1.807) is 0 Å². The normalized spacial score (nSPS) is 29.5. The third kappa shape index (κ3) is 1.23. The molecule has 2 rings (SSSR count). The molecule has 4 nitrogen and oxygen atoms in total. The van der Waals surface area contributed by atoms with Crippen LogP contribution in [0.3, 0.4) is 0 Å². The van der Waals surface area contributed by atoms with Crippen molar-refractivity contribution in [1.82, 2.24) is 15.1 Å². The van der Waals surface area contributed by atoms with Crippen molar-refractivity contribution in [2.75, 3.05) is 13.1 Å². The number of nitrogens with one attached hydrogen (secondary N) is 1. The van der Waals surface area contributed by atoms with E-state index < -0.39 is 0 Å². The molecule has 1 aliphatic rings. The minimum absolute atomic E-state index is 0.198. The molecule has 0 aromatic carbocycles. The predicted molar refractivity (Wildman–Crippen MR) is 46.8 cm³/mol. The largest absolute Gasteiger partial charge is 0.325 e. The molecule has 0 saturated carbocycles. The van der Waals surface area contributed by atoms with Gasteiger partial charge in [-0.2, -0.15) is 5.10 Å². The van der Waals surface area contributed by atoms with Crippen molar-refractivity contribution in [3.8, 4) is 0 Å². The summed E-state index contributed by atoms with van der Waals surface area (Å²) >= 11 is 0. The summed E-state index contributed by atoms with van der Waals surface area (Å²) in [5, 5.41) is 7.49. The Kier molecular flexibility index (Phi) is 1.86. The zero-order chi connectivity index (χ0) is 8.55. The molecular weight excluding hydrogens is 152 g/mol. The standard InChI is InChI=1S/C8H14N4/c1-6-2-11-12(5-6)8-4-10-3-7(8)9/h2,5,7-8,10H,3-4,9H2,1H3/t7-,8?/m0/s1.